The Hall–Kier alpha value is -3.29. The van der Waals surface area contributed by atoms with Gasteiger partial charge in [-0.15, -0.1) is 0 Å². The van der Waals surface area contributed by atoms with Crippen molar-refractivity contribution >= 4 is 27.3 Å². The van der Waals surface area contributed by atoms with Crippen LogP contribution in [0.4, 0.5) is 0 Å². The second kappa shape index (κ2) is 8.83. The predicted octanol–water partition coefficient (Wildman–Crippen LogP) is 5.10. The number of benzene rings is 2. The minimum atomic E-state index is -3.60. The third-order valence-corrected chi connectivity index (χ3v) is 6.55. The van der Waals surface area contributed by atoms with Crippen LogP contribution in [0.3, 0.4) is 0 Å². The molecule has 4 rings (SSSR count). The smallest absolute Gasteiger partial charge is 0.287 e. The minimum Gasteiger partial charge on any atom is -0.459 e. The molecular weight excluding hydrogens is 438 g/mol. The molecule has 4 aromatic rings. The second-order valence-electron chi connectivity index (χ2n) is 6.80. The zero-order valence-corrected chi connectivity index (χ0v) is 17.8. The van der Waals surface area contributed by atoms with E-state index in [2.05, 4.69) is 5.32 Å². The third kappa shape index (κ3) is 4.90. The molecule has 1 amide bonds. The molecule has 31 heavy (non-hydrogen) atoms. The van der Waals surface area contributed by atoms with Crippen molar-refractivity contribution in [2.24, 2.45) is 0 Å². The maximum absolute atomic E-state index is 12.6. The molecule has 8 heteroatoms. The highest BCUT2D eigenvalue weighted by atomic mass is 35.5. The molecule has 0 atom stereocenters. The fourth-order valence-electron chi connectivity index (χ4n) is 3.05. The first-order valence-corrected chi connectivity index (χ1v) is 11.4. The fraction of sp³-hybridized carbons (Fsp3) is 0.0870. The van der Waals surface area contributed by atoms with Crippen LogP contribution in [-0.4, -0.2) is 14.3 Å². The first kappa shape index (κ1) is 21.0. The van der Waals surface area contributed by atoms with Gasteiger partial charge in [0.25, 0.3) is 5.91 Å². The van der Waals surface area contributed by atoms with Crippen molar-refractivity contribution in [1.82, 2.24) is 5.32 Å². The van der Waals surface area contributed by atoms with Crippen LogP contribution < -0.4 is 5.32 Å². The first-order valence-electron chi connectivity index (χ1n) is 9.39. The van der Waals surface area contributed by atoms with E-state index in [1.807, 2.05) is 12.1 Å². The monoisotopic (exact) mass is 455 g/mol. The van der Waals surface area contributed by atoms with E-state index in [9.17, 15) is 13.2 Å². The summed E-state index contributed by atoms with van der Waals surface area (Å²) >= 11 is 5.90. The number of hydrogen-bond donors (Lipinski definition) is 1. The minimum absolute atomic E-state index is 0.0380. The quantitative estimate of drug-likeness (QED) is 0.419. The summed E-state index contributed by atoms with van der Waals surface area (Å²) in [7, 11) is -3.60. The van der Waals surface area contributed by atoms with Crippen molar-refractivity contribution < 1.29 is 22.0 Å². The highest BCUT2D eigenvalue weighted by Crippen LogP contribution is 2.24. The lowest BCUT2D eigenvalue weighted by Crippen LogP contribution is -2.23. The van der Waals surface area contributed by atoms with Crippen LogP contribution in [0.15, 0.2) is 92.8 Å². The Morgan fingerprint density at radius 3 is 2.42 bits per heavy atom. The Labute approximate surface area is 184 Å². The molecule has 1 N–H and O–H groups in total. The molecule has 0 aliphatic rings. The largest absolute Gasteiger partial charge is 0.459 e. The number of nitrogens with one attached hydrogen (secondary N) is 1. The topological polar surface area (TPSA) is 89.5 Å². The third-order valence-electron chi connectivity index (χ3n) is 4.61. The van der Waals surface area contributed by atoms with E-state index in [-0.39, 0.29) is 23.0 Å². The molecule has 0 spiro atoms. The van der Waals surface area contributed by atoms with Crippen molar-refractivity contribution in [1.29, 1.82) is 0 Å². The average molecular weight is 456 g/mol. The normalized spacial score (nSPS) is 11.4. The molecule has 2 heterocycles. The molecule has 0 aliphatic heterocycles. The molecule has 0 unspecified atom stereocenters. The summed E-state index contributed by atoms with van der Waals surface area (Å²) in [5, 5.41) is 3.33. The van der Waals surface area contributed by atoms with E-state index in [4.69, 9.17) is 20.4 Å². The Kier molecular flexibility index (Phi) is 5.97. The van der Waals surface area contributed by atoms with E-state index < -0.39 is 15.7 Å². The maximum atomic E-state index is 12.6. The molecule has 0 fully saturated rings. The number of halogens is 1. The lowest BCUT2D eigenvalue weighted by Gasteiger charge is -2.06. The van der Waals surface area contributed by atoms with Gasteiger partial charge in [-0.25, -0.2) is 8.42 Å². The van der Waals surface area contributed by atoms with Crippen molar-refractivity contribution in [3.8, 4) is 11.3 Å². The lowest BCUT2D eigenvalue weighted by atomic mass is 10.2. The van der Waals surface area contributed by atoms with Crippen LogP contribution >= 0.6 is 11.6 Å². The van der Waals surface area contributed by atoms with E-state index in [0.29, 0.717) is 22.1 Å². The first-order chi connectivity index (χ1) is 14.9. The van der Waals surface area contributed by atoms with Crippen LogP contribution in [0.2, 0.25) is 5.02 Å². The number of furan rings is 2. The highest BCUT2D eigenvalue weighted by molar-refractivity contribution is 7.90. The molecular formula is C23H18ClNO5S. The van der Waals surface area contributed by atoms with E-state index in [0.717, 1.165) is 5.56 Å². The van der Waals surface area contributed by atoms with Gasteiger partial charge in [-0.1, -0.05) is 29.8 Å². The molecule has 158 valence electrons. The zero-order chi connectivity index (χ0) is 21.8. The van der Waals surface area contributed by atoms with Crippen LogP contribution in [-0.2, 0) is 22.1 Å². The molecule has 0 bridgehead atoms. The van der Waals surface area contributed by atoms with Crippen LogP contribution in [0.1, 0.15) is 21.9 Å². The van der Waals surface area contributed by atoms with Crippen molar-refractivity contribution in [2.45, 2.75) is 17.2 Å². The number of hydrogen-bond acceptors (Lipinski definition) is 5. The molecule has 2 aromatic carbocycles. The summed E-state index contributed by atoms with van der Waals surface area (Å²) in [6.07, 6.45) is 1.30. The molecule has 0 saturated carbocycles. The number of amides is 1. The highest BCUT2D eigenvalue weighted by Gasteiger charge is 2.22. The van der Waals surface area contributed by atoms with E-state index in [1.54, 1.807) is 42.5 Å². The van der Waals surface area contributed by atoms with E-state index in [1.165, 1.54) is 24.5 Å². The maximum Gasteiger partial charge on any atom is 0.287 e. The summed E-state index contributed by atoms with van der Waals surface area (Å²) in [5.41, 5.74) is 1.16. The molecule has 0 aliphatic carbocycles. The van der Waals surface area contributed by atoms with Gasteiger partial charge in [0.15, 0.2) is 15.6 Å². The molecule has 2 aromatic heterocycles. The van der Waals surface area contributed by atoms with Gasteiger partial charge in [-0.2, -0.15) is 0 Å². The summed E-state index contributed by atoms with van der Waals surface area (Å²) < 4.78 is 36.3. The van der Waals surface area contributed by atoms with Crippen LogP contribution in [0.25, 0.3) is 11.3 Å². The number of carbonyl (C=O) groups excluding carboxylic acids is 1. The SMILES string of the molecule is O=C(NCc1ccc(-c2ccc(Cl)cc2)o1)c1occc1CS(=O)(=O)c1ccccc1. The van der Waals surface area contributed by atoms with Gasteiger partial charge in [0.1, 0.15) is 11.5 Å². The van der Waals surface area contributed by atoms with Gasteiger partial charge in [0.2, 0.25) is 0 Å². The Morgan fingerprint density at radius 1 is 0.935 bits per heavy atom. The Balaban J connectivity index is 1.43. The summed E-state index contributed by atoms with van der Waals surface area (Å²) in [6, 6.07) is 20.3. The molecule has 0 saturated heterocycles. The van der Waals surface area contributed by atoms with E-state index >= 15 is 0 Å². The number of carbonyl (C=O) groups is 1. The van der Waals surface area contributed by atoms with Crippen molar-refractivity contribution in [3.05, 3.63) is 101 Å². The van der Waals surface area contributed by atoms with Gasteiger partial charge in [0, 0.05) is 16.1 Å². The van der Waals surface area contributed by atoms with Crippen LogP contribution in [0, 0.1) is 0 Å². The second-order valence-corrected chi connectivity index (χ2v) is 9.23. The van der Waals surface area contributed by atoms with Gasteiger partial charge < -0.3 is 14.2 Å². The predicted molar refractivity (Wildman–Crippen MR) is 116 cm³/mol. The van der Waals surface area contributed by atoms with Crippen molar-refractivity contribution in [2.75, 3.05) is 0 Å². The number of sulfone groups is 1. The Morgan fingerprint density at radius 2 is 1.68 bits per heavy atom. The fourth-order valence-corrected chi connectivity index (χ4v) is 4.56. The van der Waals surface area contributed by atoms with Gasteiger partial charge >= 0.3 is 0 Å². The van der Waals surface area contributed by atoms with Gasteiger partial charge in [-0.3, -0.25) is 4.79 Å². The lowest BCUT2D eigenvalue weighted by molar-refractivity contribution is 0.0919. The molecule has 0 radical (unpaired) electrons. The molecule has 6 nitrogen and oxygen atoms in total. The summed E-state index contributed by atoms with van der Waals surface area (Å²) in [4.78, 5) is 12.8. The Bertz CT molecular complexity index is 1290. The van der Waals surface area contributed by atoms with Crippen LogP contribution in [0.5, 0.6) is 0 Å². The van der Waals surface area contributed by atoms with Crippen molar-refractivity contribution in [3.63, 3.8) is 0 Å². The summed E-state index contributed by atoms with van der Waals surface area (Å²) in [5.74, 6) is 0.297. The standard InChI is InChI=1S/C23H18ClNO5S/c24-18-8-6-16(7-9-18)21-11-10-19(30-21)14-25-23(26)22-17(12-13-29-22)15-31(27,28)20-4-2-1-3-5-20/h1-13H,14-15H2,(H,25,26). The zero-order valence-electron chi connectivity index (χ0n) is 16.2. The van der Waals surface area contributed by atoms with Gasteiger partial charge in [-0.05, 0) is 54.6 Å². The average Bonchev–Trinajstić information content (AvgIpc) is 3.43. The van der Waals surface area contributed by atoms with Gasteiger partial charge in [0.05, 0.1) is 23.5 Å². The number of rotatable bonds is 7. The summed E-state index contributed by atoms with van der Waals surface area (Å²) in [6.45, 7) is 0.123.